The smallest absolute Gasteiger partial charge is 0.347 e. The summed E-state index contributed by atoms with van der Waals surface area (Å²) in [5.41, 5.74) is 0.763. The Morgan fingerprint density at radius 2 is 1.81 bits per heavy atom. The molecule has 2 aromatic heterocycles. The molecule has 0 bridgehead atoms. The number of aryl methyl sites for hydroxylation is 1. The lowest BCUT2D eigenvalue weighted by Gasteiger charge is -2.09. The second-order valence-corrected chi connectivity index (χ2v) is 8.28. The number of thiophene rings is 1. The Bertz CT molecular complexity index is 1340. The molecule has 0 aliphatic carbocycles. The first-order valence-electron chi connectivity index (χ1n) is 9.71. The Balaban J connectivity index is 1.57. The van der Waals surface area contributed by atoms with Gasteiger partial charge in [0.25, 0.3) is 11.5 Å². The molecule has 0 saturated carbocycles. The maximum absolute atomic E-state index is 13.0. The normalized spacial score (nSPS) is 11.6. The van der Waals surface area contributed by atoms with Crippen LogP contribution in [0.5, 0.6) is 0 Å². The average molecular weight is 457 g/mol. The third kappa shape index (κ3) is 4.43. The Morgan fingerprint density at radius 3 is 2.53 bits per heavy atom. The first-order valence-corrected chi connectivity index (χ1v) is 10.5. The number of rotatable bonds is 5. The lowest BCUT2D eigenvalue weighted by molar-refractivity contribution is -0.137. The highest BCUT2D eigenvalue weighted by atomic mass is 32.1. The molecule has 0 spiro atoms. The van der Waals surface area contributed by atoms with Gasteiger partial charge >= 0.3 is 6.18 Å². The van der Waals surface area contributed by atoms with Gasteiger partial charge < -0.3 is 5.32 Å². The number of carbonyl (C=O) groups excluding carboxylic acids is 1. The summed E-state index contributed by atoms with van der Waals surface area (Å²) >= 11 is 1.09. The highest BCUT2D eigenvalue weighted by Gasteiger charge is 2.30. The van der Waals surface area contributed by atoms with E-state index < -0.39 is 17.6 Å². The number of aromatic nitrogens is 2. The standard InChI is InChI=1S/C23H18F3N3O2S/c1-14-18-21(28-13-29(22(18)31)12-15-6-3-2-4-7-15)32-19(14)20(30)27-11-16-8-5-9-17(10-16)23(24,25)26/h2-10,13H,11-12H2,1H3,(H,27,30). The van der Waals surface area contributed by atoms with Gasteiger partial charge in [0, 0.05) is 6.54 Å². The predicted octanol–water partition coefficient (Wildman–Crippen LogP) is 4.76. The molecule has 1 amide bonds. The fourth-order valence-electron chi connectivity index (χ4n) is 3.39. The Kier molecular flexibility index (Phi) is 5.84. The van der Waals surface area contributed by atoms with Crippen molar-refractivity contribution < 1.29 is 18.0 Å². The van der Waals surface area contributed by atoms with Crippen LogP contribution in [0.25, 0.3) is 10.2 Å². The molecule has 164 valence electrons. The van der Waals surface area contributed by atoms with Crippen molar-refractivity contribution in [1.29, 1.82) is 0 Å². The van der Waals surface area contributed by atoms with Crippen molar-refractivity contribution in [3.8, 4) is 0 Å². The molecule has 0 atom stereocenters. The van der Waals surface area contributed by atoms with Crippen molar-refractivity contribution in [1.82, 2.24) is 14.9 Å². The summed E-state index contributed by atoms with van der Waals surface area (Å²) in [5.74, 6) is -0.461. The SMILES string of the molecule is Cc1c(C(=O)NCc2cccc(C(F)(F)F)c2)sc2ncn(Cc3ccccc3)c(=O)c12. The minimum Gasteiger partial charge on any atom is -0.347 e. The molecule has 5 nitrogen and oxygen atoms in total. The van der Waals surface area contributed by atoms with Crippen LogP contribution in [0.15, 0.2) is 65.7 Å². The largest absolute Gasteiger partial charge is 0.416 e. The first-order chi connectivity index (χ1) is 15.2. The van der Waals surface area contributed by atoms with E-state index in [0.717, 1.165) is 29.0 Å². The number of amides is 1. The van der Waals surface area contributed by atoms with Gasteiger partial charge in [-0.3, -0.25) is 14.2 Å². The van der Waals surface area contributed by atoms with E-state index in [2.05, 4.69) is 10.3 Å². The van der Waals surface area contributed by atoms with Crippen LogP contribution < -0.4 is 10.9 Å². The van der Waals surface area contributed by atoms with Crippen molar-refractivity contribution in [2.75, 3.05) is 0 Å². The quantitative estimate of drug-likeness (QED) is 0.470. The van der Waals surface area contributed by atoms with Gasteiger partial charge in [0.2, 0.25) is 0 Å². The minimum absolute atomic E-state index is 0.0674. The van der Waals surface area contributed by atoms with Crippen molar-refractivity contribution in [3.05, 3.63) is 98.4 Å². The van der Waals surface area contributed by atoms with Crippen molar-refractivity contribution >= 4 is 27.5 Å². The van der Waals surface area contributed by atoms with Crippen molar-refractivity contribution in [2.24, 2.45) is 0 Å². The summed E-state index contributed by atoms with van der Waals surface area (Å²) in [6, 6.07) is 14.3. The average Bonchev–Trinajstić information content (AvgIpc) is 3.11. The number of nitrogens with one attached hydrogen (secondary N) is 1. The van der Waals surface area contributed by atoms with Crippen LogP contribution in [0, 0.1) is 6.92 Å². The summed E-state index contributed by atoms with van der Waals surface area (Å²) in [5, 5.41) is 3.01. The molecule has 0 fully saturated rings. The van der Waals surface area contributed by atoms with Crippen LogP contribution in [0.4, 0.5) is 13.2 Å². The van der Waals surface area contributed by atoms with E-state index in [1.54, 1.807) is 6.92 Å². The molecule has 0 unspecified atom stereocenters. The number of halogens is 3. The number of alkyl halides is 3. The van der Waals surface area contributed by atoms with Crippen molar-refractivity contribution in [3.63, 3.8) is 0 Å². The maximum atomic E-state index is 13.0. The zero-order valence-corrected chi connectivity index (χ0v) is 17.8. The van der Waals surface area contributed by atoms with Crippen LogP contribution in [-0.4, -0.2) is 15.5 Å². The molecular weight excluding hydrogens is 439 g/mol. The Hall–Kier alpha value is -3.46. The predicted molar refractivity (Wildman–Crippen MR) is 117 cm³/mol. The number of hydrogen-bond acceptors (Lipinski definition) is 4. The Labute approximate surface area is 185 Å². The van der Waals surface area contributed by atoms with Crippen LogP contribution in [-0.2, 0) is 19.3 Å². The van der Waals surface area contributed by atoms with E-state index in [4.69, 9.17) is 0 Å². The molecular formula is C23H18F3N3O2S. The van der Waals surface area contributed by atoms with Gasteiger partial charge in [-0.15, -0.1) is 11.3 Å². The minimum atomic E-state index is -4.45. The van der Waals surface area contributed by atoms with E-state index in [1.807, 2.05) is 30.3 Å². The number of benzene rings is 2. The van der Waals surface area contributed by atoms with Crippen LogP contribution in [0.1, 0.15) is 31.9 Å². The summed E-state index contributed by atoms with van der Waals surface area (Å²) in [6.07, 6.45) is -2.99. The van der Waals surface area contributed by atoms with E-state index in [9.17, 15) is 22.8 Å². The van der Waals surface area contributed by atoms with Gasteiger partial charge in [-0.2, -0.15) is 13.2 Å². The van der Waals surface area contributed by atoms with Crippen molar-refractivity contribution in [2.45, 2.75) is 26.2 Å². The summed E-state index contributed by atoms with van der Waals surface area (Å²) in [7, 11) is 0. The van der Waals surface area contributed by atoms with E-state index in [1.165, 1.54) is 23.0 Å². The lowest BCUT2D eigenvalue weighted by Crippen LogP contribution is -2.23. The molecule has 0 aliphatic heterocycles. The van der Waals surface area contributed by atoms with E-state index >= 15 is 0 Å². The van der Waals surface area contributed by atoms with Gasteiger partial charge in [-0.25, -0.2) is 4.98 Å². The maximum Gasteiger partial charge on any atom is 0.416 e. The molecule has 2 heterocycles. The monoisotopic (exact) mass is 457 g/mol. The zero-order chi connectivity index (χ0) is 22.9. The highest BCUT2D eigenvalue weighted by Crippen LogP contribution is 2.30. The summed E-state index contributed by atoms with van der Waals surface area (Å²) < 4.78 is 40.1. The molecule has 0 aliphatic rings. The highest BCUT2D eigenvalue weighted by molar-refractivity contribution is 7.20. The third-order valence-corrected chi connectivity index (χ3v) is 6.23. The molecule has 32 heavy (non-hydrogen) atoms. The fraction of sp³-hybridized carbons (Fsp3) is 0.174. The van der Waals surface area contributed by atoms with Crippen LogP contribution in [0.3, 0.4) is 0 Å². The van der Waals surface area contributed by atoms with Gasteiger partial charge in [0.05, 0.1) is 28.7 Å². The lowest BCUT2D eigenvalue weighted by atomic mass is 10.1. The molecule has 4 rings (SSSR count). The second kappa shape index (κ2) is 8.58. The number of carbonyl (C=O) groups is 1. The zero-order valence-electron chi connectivity index (χ0n) is 16.9. The number of nitrogens with zero attached hydrogens (tertiary/aromatic N) is 2. The van der Waals surface area contributed by atoms with E-state index in [0.29, 0.717) is 32.8 Å². The van der Waals surface area contributed by atoms with E-state index in [-0.39, 0.29) is 12.1 Å². The second-order valence-electron chi connectivity index (χ2n) is 7.28. The fourth-order valence-corrected chi connectivity index (χ4v) is 4.44. The van der Waals surface area contributed by atoms with Gasteiger partial charge in [-0.05, 0) is 35.7 Å². The molecule has 0 saturated heterocycles. The Morgan fingerprint density at radius 1 is 1.09 bits per heavy atom. The first kappa shape index (κ1) is 21.8. The van der Waals surface area contributed by atoms with Crippen LogP contribution in [0.2, 0.25) is 0 Å². The van der Waals surface area contributed by atoms with Gasteiger partial charge in [-0.1, -0.05) is 42.5 Å². The molecule has 1 N–H and O–H groups in total. The topological polar surface area (TPSA) is 64.0 Å². The molecule has 2 aromatic carbocycles. The number of fused-ring (bicyclic) bond motifs is 1. The molecule has 0 radical (unpaired) electrons. The molecule has 4 aromatic rings. The van der Waals surface area contributed by atoms with Gasteiger partial charge in [0.15, 0.2) is 0 Å². The van der Waals surface area contributed by atoms with Crippen LogP contribution >= 0.6 is 11.3 Å². The third-order valence-electron chi connectivity index (χ3n) is 5.03. The summed E-state index contributed by atoms with van der Waals surface area (Å²) in [4.78, 5) is 30.8. The van der Waals surface area contributed by atoms with Gasteiger partial charge in [0.1, 0.15) is 4.83 Å². The summed E-state index contributed by atoms with van der Waals surface area (Å²) in [6.45, 7) is 1.96. The molecule has 9 heteroatoms. The number of hydrogen-bond donors (Lipinski definition) is 1.